The molecular weight excluding hydrogens is 154 g/mol. The monoisotopic (exact) mass is 160 g/mol. The Bertz CT molecular complexity index is 121. The van der Waals surface area contributed by atoms with Gasteiger partial charge in [0, 0.05) is 0 Å². The van der Waals surface area contributed by atoms with E-state index in [9.17, 15) is 13.2 Å². The minimum absolute atomic E-state index is 0. The van der Waals surface area contributed by atoms with Crippen molar-refractivity contribution in [2.24, 2.45) is 0 Å². The fourth-order valence-corrected chi connectivity index (χ4v) is 1.35. The molecule has 0 N–H and O–H groups in total. The van der Waals surface area contributed by atoms with Crippen LogP contribution in [0.15, 0.2) is 0 Å². The summed E-state index contributed by atoms with van der Waals surface area (Å²) in [5, 5.41) is -0.699. The van der Waals surface area contributed by atoms with Crippen molar-refractivity contribution in [2.45, 2.75) is 24.3 Å². The van der Waals surface area contributed by atoms with Gasteiger partial charge in [0.25, 0.3) is 0 Å². The van der Waals surface area contributed by atoms with Crippen LogP contribution in [0.5, 0.6) is 0 Å². The number of hydrogen-bond donors (Lipinski definition) is 0. The molecule has 0 aromatic heterocycles. The Kier molecular flexibility index (Phi) is 4.50. The van der Waals surface area contributed by atoms with E-state index in [0.29, 0.717) is 12.8 Å². The van der Waals surface area contributed by atoms with Gasteiger partial charge >= 0.3 is 29.6 Å². The molecule has 0 aromatic rings. The Labute approximate surface area is 77.8 Å². The first-order valence-corrected chi connectivity index (χ1v) is 3.58. The fraction of sp³-hybridized carbons (Fsp3) is 1.00. The van der Waals surface area contributed by atoms with Gasteiger partial charge in [-0.25, -0.2) is 4.39 Å². The molecule has 0 amide bonds. The van der Waals surface area contributed by atoms with Crippen LogP contribution in [-0.4, -0.2) is 20.2 Å². The number of rotatable bonds is 1. The van der Waals surface area contributed by atoms with E-state index >= 15 is 0 Å². The number of halogens is 1. The van der Waals surface area contributed by atoms with Crippen molar-refractivity contribution in [1.29, 1.82) is 0 Å². The molecule has 2 nitrogen and oxygen atoms in total. The van der Waals surface area contributed by atoms with Gasteiger partial charge in [0.15, 0.2) is 0 Å². The minimum atomic E-state index is -2.18. The predicted octanol–water partition coefficient (Wildman–Crippen LogP) is -2.63. The van der Waals surface area contributed by atoms with Crippen LogP contribution >= 0.6 is 0 Å². The summed E-state index contributed by atoms with van der Waals surface area (Å²) in [5.41, 5.74) is 0. The van der Waals surface area contributed by atoms with Crippen molar-refractivity contribution in [2.75, 3.05) is 0 Å². The van der Waals surface area contributed by atoms with Crippen LogP contribution in [0, 0.1) is 0 Å². The van der Waals surface area contributed by atoms with Crippen LogP contribution in [0.25, 0.3) is 0 Å². The van der Waals surface area contributed by atoms with Crippen molar-refractivity contribution < 1.29 is 42.7 Å². The van der Waals surface area contributed by atoms with E-state index in [1.165, 1.54) is 0 Å². The number of alkyl halides is 1. The second-order valence-electron chi connectivity index (χ2n) is 1.89. The van der Waals surface area contributed by atoms with Gasteiger partial charge in [0.1, 0.15) is 6.17 Å². The van der Waals surface area contributed by atoms with Crippen LogP contribution in [0.4, 0.5) is 4.39 Å². The topological polar surface area (TPSA) is 40.1 Å². The SMILES string of the molecule is O=S([O-])[C@@H]1CC[C@@H]1F.[Na+]. The first-order valence-electron chi connectivity index (χ1n) is 2.44. The Morgan fingerprint density at radius 3 is 2.11 bits per heavy atom. The van der Waals surface area contributed by atoms with E-state index in [1.54, 1.807) is 0 Å². The van der Waals surface area contributed by atoms with E-state index in [1.807, 2.05) is 0 Å². The van der Waals surface area contributed by atoms with Crippen molar-refractivity contribution in [3.05, 3.63) is 0 Å². The molecule has 9 heavy (non-hydrogen) atoms. The predicted molar refractivity (Wildman–Crippen MR) is 26.8 cm³/mol. The third-order valence-corrected chi connectivity index (χ3v) is 2.40. The Balaban J connectivity index is 0.000000640. The summed E-state index contributed by atoms with van der Waals surface area (Å²) < 4.78 is 31.9. The van der Waals surface area contributed by atoms with Gasteiger partial charge in [-0.1, -0.05) is 0 Å². The van der Waals surface area contributed by atoms with E-state index in [2.05, 4.69) is 0 Å². The normalized spacial score (nSPS) is 36.2. The maximum atomic E-state index is 12.0. The molecule has 1 saturated carbocycles. The third kappa shape index (κ3) is 2.27. The van der Waals surface area contributed by atoms with E-state index in [4.69, 9.17) is 0 Å². The zero-order valence-electron chi connectivity index (χ0n) is 5.17. The van der Waals surface area contributed by atoms with Crippen LogP contribution in [-0.2, 0) is 11.1 Å². The van der Waals surface area contributed by atoms with Gasteiger partial charge in [-0.3, -0.25) is 4.21 Å². The summed E-state index contributed by atoms with van der Waals surface area (Å²) in [6.45, 7) is 0. The first-order chi connectivity index (χ1) is 3.72. The van der Waals surface area contributed by atoms with Crippen LogP contribution in [0.1, 0.15) is 12.8 Å². The molecule has 3 atom stereocenters. The zero-order valence-corrected chi connectivity index (χ0v) is 7.99. The molecule has 0 radical (unpaired) electrons. The third-order valence-electron chi connectivity index (χ3n) is 1.38. The van der Waals surface area contributed by atoms with Crippen LogP contribution in [0.3, 0.4) is 0 Å². The molecule has 0 saturated heterocycles. The van der Waals surface area contributed by atoms with E-state index in [0.717, 1.165) is 0 Å². The molecule has 0 bridgehead atoms. The zero-order chi connectivity index (χ0) is 6.15. The minimum Gasteiger partial charge on any atom is -0.772 e. The maximum Gasteiger partial charge on any atom is 1.00 e. The average Bonchev–Trinajstić information content (AvgIpc) is 1.61. The Morgan fingerprint density at radius 2 is 2.11 bits per heavy atom. The quantitative estimate of drug-likeness (QED) is 0.311. The van der Waals surface area contributed by atoms with Gasteiger partial charge in [-0.15, -0.1) is 0 Å². The number of hydrogen-bond acceptors (Lipinski definition) is 2. The maximum absolute atomic E-state index is 12.0. The molecule has 1 fully saturated rings. The molecule has 1 aliphatic carbocycles. The average molecular weight is 160 g/mol. The molecule has 1 rings (SSSR count). The summed E-state index contributed by atoms with van der Waals surface area (Å²) in [7, 11) is 0. The molecule has 48 valence electrons. The second kappa shape index (κ2) is 4.03. The Hall–Kier alpha value is 1.04. The molecule has 0 aromatic carbocycles. The summed E-state index contributed by atoms with van der Waals surface area (Å²) in [6, 6.07) is 0. The Morgan fingerprint density at radius 1 is 1.56 bits per heavy atom. The summed E-state index contributed by atoms with van der Waals surface area (Å²) in [5.74, 6) is 0. The summed E-state index contributed by atoms with van der Waals surface area (Å²) in [6.07, 6.45) is -0.177. The molecular formula is C4H6FNaO2S. The summed E-state index contributed by atoms with van der Waals surface area (Å²) in [4.78, 5) is 0. The van der Waals surface area contributed by atoms with Crippen molar-refractivity contribution >= 4 is 11.1 Å². The van der Waals surface area contributed by atoms with Crippen molar-refractivity contribution in [3.8, 4) is 0 Å². The second-order valence-corrected chi connectivity index (χ2v) is 3.02. The van der Waals surface area contributed by atoms with Gasteiger partial charge in [-0.05, 0) is 23.9 Å². The van der Waals surface area contributed by atoms with Gasteiger partial charge in [-0.2, -0.15) is 0 Å². The largest absolute Gasteiger partial charge is 1.00 e. The van der Waals surface area contributed by atoms with Gasteiger partial charge < -0.3 is 4.55 Å². The van der Waals surface area contributed by atoms with Crippen molar-refractivity contribution in [3.63, 3.8) is 0 Å². The summed E-state index contributed by atoms with van der Waals surface area (Å²) >= 11 is -2.18. The first kappa shape index (κ1) is 10.0. The molecule has 1 aliphatic rings. The molecule has 0 spiro atoms. The fourth-order valence-electron chi connectivity index (χ4n) is 0.646. The standard InChI is InChI=1S/C4H7FO2S.Na/c5-3-1-2-4(3)8(6)7;/h3-4H,1-2H2,(H,6,7);/q;+1/p-1/t3-,4+;/m0./s1. The van der Waals surface area contributed by atoms with Gasteiger partial charge in [0.2, 0.25) is 0 Å². The van der Waals surface area contributed by atoms with E-state index in [-0.39, 0.29) is 29.6 Å². The smallest absolute Gasteiger partial charge is 0.772 e. The van der Waals surface area contributed by atoms with Gasteiger partial charge in [0.05, 0.1) is 5.25 Å². The van der Waals surface area contributed by atoms with Crippen LogP contribution < -0.4 is 29.6 Å². The van der Waals surface area contributed by atoms with E-state index < -0.39 is 22.5 Å². The van der Waals surface area contributed by atoms with Crippen LogP contribution in [0.2, 0.25) is 0 Å². The molecule has 0 heterocycles. The van der Waals surface area contributed by atoms with Crippen molar-refractivity contribution in [1.82, 2.24) is 0 Å². The molecule has 1 unspecified atom stereocenters. The molecule has 0 aliphatic heterocycles. The molecule has 5 heteroatoms.